The van der Waals surface area contributed by atoms with Crippen LogP contribution in [0.25, 0.3) is 0 Å². The highest BCUT2D eigenvalue weighted by Gasteiger charge is 2.39. The maximum atomic E-state index is 12.6. The first-order valence-corrected chi connectivity index (χ1v) is 5.43. The molecule has 0 radical (unpaired) electrons. The summed E-state index contributed by atoms with van der Waals surface area (Å²) >= 11 is 0. The second kappa shape index (κ2) is 4.13. The largest absolute Gasteiger partial charge is 0.321 e. The van der Waals surface area contributed by atoms with Gasteiger partial charge >= 0.3 is 0 Å². The molecule has 1 unspecified atom stereocenters. The fraction of sp³-hybridized carbons (Fsp3) is 1.00. The summed E-state index contributed by atoms with van der Waals surface area (Å²) in [5, 5.41) is 0. The Hall–Kier alpha value is -0.180. The van der Waals surface area contributed by atoms with Gasteiger partial charge in [-0.3, -0.25) is 0 Å². The van der Waals surface area contributed by atoms with Crippen molar-refractivity contribution in [3.05, 3.63) is 0 Å². The molecule has 0 aromatic heterocycles. The van der Waals surface area contributed by atoms with Gasteiger partial charge in [-0.1, -0.05) is 26.2 Å². The molecule has 0 heterocycles. The van der Waals surface area contributed by atoms with E-state index in [0.717, 1.165) is 25.7 Å². The Morgan fingerprint density at radius 1 is 1.29 bits per heavy atom. The Morgan fingerprint density at radius 3 is 2.21 bits per heavy atom. The molecule has 1 aliphatic carbocycles. The summed E-state index contributed by atoms with van der Waals surface area (Å²) in [5.74, 6) is 0. The average Bonchev–Trinajstić information content (AvgIpc) is 2.03. The zero-order valence-corrected chi connectivity index (χ0v) is 9.15. The summed E-state index contributed by atoms with van der Waals surface area (Å²) in [6, 6.07) is 0. The van der Waals surface area contributed by atoms with Crippen LogP contribution in [0.2, 0.25) is 0 Å². The van der Waals surface area contributed by atoms with Crippen molar-refractivity contribution in [2.24, 2.45) is 11.1 Å². The zero-order valence-electron chi connectivity index (χ0n) is 9.15. The van der Waals surface area contributed by atoms with E-state index in [1.165, 1.54) is 13.3 Å². The minimum atomic E-state index is -2.42. The molecule has 0 amide bonds. The standard InChI is InChI=1S/C11H21F2N/c1-10(6-4-3-5-7-10)8-11(2,14)9(12)13/h9H,3-8,14H2,1-2H3. The van der Waals surface area contributed by atoms with Crippen LogP contribution in [0.5, 0.6) is 0 Å². The molecular weight excluding hydrogens is 184 g/mol. The third-order valence-corrected chi connectivity index (χ3v) is 3.37. The highest BCUT2D eigenvalue weighted by molar-refractivity contribution is 4.91. The lowest BCUT2D eigenvalue weighted by Gasteiger charge is -2.39. The van der Waals surface area contributed by atoms with Crippen LogP contribution in [0.4, 0.5) is 8.78 Å². The van der Waals surface area contributed by atoms with E-state index in [4.69, 9.17) is 5.73 Å². The summed E-state index contributed by atoms with van der Waals surface area (Å²) in [6.07, 6.45) is 3.69. The first kappa shape index (κ1) is 11.9. The first-order chi connectivity index (χ1) is 6.36. The maximum absolute atomic E-state index is 12.6. The van der Waals surface area contributed by atoms with Gasteiger partial charge in [0.25, 0.3) is 6.43 Å². The Morgan fingerprint density at radius 2 is 1.79 bits per heavy atom. The Kier molecular flexibility index (Phi) is 3.51. The van der Waals surface area contributed by atoms with E-state index < -0.39 is 12.0 Å². The van der Waals surface area contributed by atoms with E-state index in [9.17, 15) is 8.78 Å². The number of hydrogen-bond donors (Lipinski definition) is 1. The van der Waals surface area contributed by atoms with Gasteiger partial charge in [0.15, 0.2) is 0 Å². The molecule has 1 fully saturated rings. The molecule has 0 saturated heterocycles. The summed E-state index contributed by atoms with van der Waals surface area (Å²) in [7, 11) is 0. The van der Waals surface area contributed by atoms with Gasteiger partial charge in [0.2, 0.25) is 0 Å². The average molecular weight is 205 g/mol. The van der Waals surface area contributed by atoms with Crippen LogP contribution >= 0.6 is 0 Å². The van der Waals surface area contributed by atoms with Crippen molar-refractivity contribution in [3.8, 4) is 0 Å². The SMILES string of the molecule is CC1(CC(C)(N)C(F)F)CCCCC1. The molecule has 1 rings (SSSR count). The summed E-state index contributed by atoms with van der Waals surface area (Å²) in [4.78, 5) is 0. The van der Waals surface area contributed by atoms with Gasteiger partial charge in [0.05, 0.1) is 5.54 Å². The molecule has 0 aromatic rings. The van der Waals surface area contributed by atoms with Gasteiger partial charge in [-0.15, -0.1) is 0 Å². The molecule has 3 heteroatoms. The second-order valence-corrected chi connectivity index (χ2v) is 5.35. The number of halogens is 2. The van der Waals surface area contributed by atoms with Crippen molar-refractivity contribution in [2.75, 3.05) is 0 Å². The van der Waals surface area contributed by atoms with E-state index in [1.54, 1.807) is 0 Å². The summed E-state index contributed by atoms with van der Waals surface area (Å²) < 4.78 is 25.2. The van der Waals surface area contributed by atoms with Gasteiger partial charge in [-0.25, -0.2) is 8.78 Å². The Labute approximate surface area is 85.1 Å². The summed E-state index contributed by atoms with van der Waals surface area (Å²) in [6.45, 7) is 3.57. The Balaban J connectivity index is 2.56. The molecule has 14 heavy (non-hydrogen) atoms. The molecule has 0 spiro atoms. The highest BCUT2D eigenvalue weighted by Crippen LogP contribution is 2.42. The van der Waals surface area contributed by atoms with Gasteiger partial charge in [-0.05, 0) is 31.6 Å². The van der Waals surface area contributed by atoms with Crippen molar-refractivity contribution in [1.82, 2.24) is 0 Å². The second-order valence-electron chi connectivity index (χ2n) is 5.35. The fourth-order valence-electron chi connectivity index (χ4n) is 2.58. The first-order valence-electron chi connectivity index (χ1n) is 5.43. The van der Waals surface area contributed by atoms with Crippen LogP contribution in [-0.2, 0) is 0 Å². The molecule has 1 atom stereocenters. The fourth-order valence-corrected chi connectivity index (χ4v) is 2.58. The van der Waals surface area contributed by atoms with Gasteiger partial charge in [0.1, 0.15) is 0 Å². The number of hydrogen-bond acceptors (Lipinski definition) is 1. The lowest BCUT2D eigenvalue weighted by Crippen LogP contribution is -2.48. The molecule has 2 N–H and O–H groups in total. The number of alkyl halides is 2. The van der Waals surface area contributed by atoms with Crippen LogP contribution in [0.3, 0.4) is 0 Å². The van der Waals surface area contributed by atoms with Crippen molar-refractivity contribution in [3.63, 3.8) is 0 Å². The monoisotopic (exact) mass is 205 g/mol. The third kappa shape index (κ3) is 2.91. The smallest absolute Gasteiger partial charge is 0.256 e. The van der Waals surface area contributed by atoms with E-state index in [1.807, 2.05) is 0 Å². The predicted molar refractivity (Wildman–Crippen MR) is 54.4 cm³/mol. The van der Waals surface area contributed by atoms with E-state index in [0.29, 0.717) is 6.42 Å². The van der Waals surface area contributed by atoms with Gasteiger partial charge < -0.3 is 5.73 Å². The van der Waals surface area contributed by atoms with E-state index >= 15 is 0 Å². The zero-order chi connectivity index (χ0) is 10.8. The molecule has 1 aliphatic rings. The minimum absolute atomic E-state index is 0.0399. The molecule has 0 bridgehead atoms. The molecule has 0 aliphatic heterocycles. The molecule has 1 saturated carbocycles. The predicted octanol–water partition coefficient (Wildman–Crippen LogP) is 3.33. The van der Waals surface area contributed by atoms with Gasteiger partial charge in [0, 0.05) is 0 Å². The van der Waals surface area contributed by atoms with Crippen LogP contribution in [0, 0.1) is 5.41 Å². The highest BCUT2D eigenvalue weighted by atomic mass is 19.3. The lowest BCUT2D eigenvalue weighted by molar-refractivity contribution is 0.0238. The molecule has 0 aromatic carbocycles. The van der Waals surface area contributed by atoms with E-state index in [-0.39, 0.29) is 5.41 Å². The minimum Gasteiger partial charge on any atom is -0.321 e. The van der Waals surface area contributed by atoms with Crippen LogP contribution in [0.15, 0.2) is 0 Å². The Bertz CT molecular complexity index is 184. The number of rotatable bonds is 3. The maximum Gasteiger partial charge on any atom is 0.256 e. The van der Waals surface area contributed by atoms with Crippen LogP contribution < -0.4 is 5.73 Å². The van der Waals surface area contributed by atoms with Crippen LogP contribution in [0.1, 0.15) is 52.4 Å². The molecule has 1 nitrogen and oxygen atoms in total. The van der Waals surface area contributed by atoms with Crippen molar-refractivity contribution >= 4 is 0 Å². The van der Waals surface area contributed by atoms with Crippen molar-refractivity contribution in [1.29, 1.82) is 0 Å². The van der Waals surface area contributed by atoms with Crippen molar-refractivity contribution < 1.29 is 8.78 Å². The summed E-state index contributed by atoms with van der Waals surface area (Å²) in [5.41, 5.74) is 4.35. The topological polar surface area (TPSA) is 26.0 Å². The normalized spacial score (nSPS) is 26.1. The number of nitrogens with two attached hydrogens (primary N) is 1. The van der Waals surface area contributed by atoms with E-state index in [2.05, 4.69) is 6.92 Å². The molecular formula is C11H21F2N. The lowest BCUT2D eigenvalue weighted by atomic mass is 9.69. The molecule has 84 valence electrons. The van der Waals surface area contributed by atoms with Crippen molar-refractivity contribution in [2.45, 2.75) is 64.3 Å². The third-order valence-electron chi connectivity index (χ3n) is 3.37. The van der Waals surface area contributed by atoms with Crippen LogP contribution in [-0.4, -0.2) is 12.0 Å². The quantitative estimate of drug-likeness (QED) is 0.751. The van der Waals surface area contributed by atoms with Gasteiger partial charge in [-0.2, -0.15) is 0 Å².